The van der Waals surface area contributed by atoms with Crippen molar-refractivity contribution in [3.05, 3.63) is 70.9 Å². The van der Waals surface area contributed by atoms with Crippen LogP contribution in [0.3, 0.4) is 0 Å². The molecule has 1 aliphatic heterocycles. The van der Waals surface area contributed by atoms with Crippen molar-refractivity contribution in [2.75, 3.05) is 6.54 Å². The normalized spacial score (nSPS) is 19.4. The SMILES string of the molecule is CCN1C(=S)NC(c2ccc(Oc3ccccc3C)cc2)C2=C1CCCC2=O. The molecule has 2 aromatic rings. The second-order valence-corrected chi connectivity index (χ2v) is 7.59. The molecule has 0 radical (unpaired) electrons. The van der Waals surface area contributed by atoms with Crippen molar-refractivity contribution >= 4 is 23.1 Å². The number of hydrogen-bond acceptors (Lipinski definition) is 3. The largest absolute Gasteiger partial charge is 0.457 e. The summed E-state index contributed by atoms with van der Waals surface area (Å²) in [5.74, 6) is 1.84. The van der Waals surface area contributed by atoms with Gasteiger partial charge < -0.3 is 15.0 Å². The van der Waals surface area contributed by atoms with E-state index in [2.05, 4.69) is 17.1 Å². The van der Waals surface area contributed by atoms with Crippen LogP contribution in [0.4, 0.5) is 0 Å². The lowest BCUT2D eigenvalue weighted by Crippen LogP contribution is -2.49. The summed E-state index contributed by atoms with van der Waals surface area (Å²) in [5, 5.41) is 4.07. The number of nitrogens with zero attached hydrogens (tertiary/aromatic N) is 1. The molecule has 28 heavy (non-hydrogen) atoms. The van der Waals surface area contributed by atoms with Gasteiger partial charge in [-0.1, -0.05) is 30.3 Å². The third-order valence-electron chi connectivity index (χ3n) is 5.41. The summed E-state index contributed by atoms with van der Waals surface area (Å²) in [6.07, 6.45) is 2.41. The van der Waals surface area contributed by atoms with Crippen molar-refractivity contribution < 1.29 is 9.53 Å². The topological polar surface area (TPSA) is 41.6 Å². The number of para-hydroxylation sites is 1. The highest BCUT2D eigenvalue weighted by Crippen LogP contribution is 2.37. The zero-order chi connectivity index (χ0) is 19.7. The molecule has 0 saturated heterocycles. The Morgan fingerprint density at radius 3 is 2.61 bits per heavy atom. The summed E-state index contributed by atoms with van der Waals surface area (Å²) in [7, 11) is 0. The predicted octanol–water partition coefficient (Wildman–Crippen LogP) is 5.05. The Hall–Kier alpha value is -2.66. The number of ketones is 1. The van der Waals surface area contributed by atoms with E-state index in [1.165, 1.54) is 0 Å². The Morgan fingerprint density at radius 2 is 1.89 bits per heavy atom. The van der Waals surface area contributed by atoms with E-state index in [-0.39, 0.29) is 11.8 Å². The first kappa shape index (κ1) is 18.7. The molecule has 0 spiro atoms. The predicted molar refractivity (Wildman–Crippen MR) is 114 cm³/mol. The van der Waals surface area contributed by atoms with Crippen LogP contribution in [0.5, 0.6) is 11.5 Å². The van der Waals surface area contributed by atoms with E-state index in [0.717, 1.165) is 53.3 Å². The Kier molecular flexibility index (Phi) is 5.18. The average molecular weight is 393 g/mol. The van der Waals surface area contributed by atoms with E-state index >= 15 is 0 Å². The smallest absolute Gasteiger partial charge is 0.173 e. The van der Waals surface area contributed by atoms with Crippen molar-refractivity contribution in [1.82, 2.24) is 10.2 Å². The molecule has 4 nitrogen and oxygen atoms in total. The fourth-order valence-corrected chi connectivity index (χ4v) is 4.32. The van der Waals surface area contributed by atoms with Gasteiger partial charge in [-0.25, -0.2) is 0 Å². The van der Waals surface area contributed by atoms with Crippen molar-refractivity contribution in [1.29, 1.82) is 0 Å². The number of carbonyl (C=O) groups excluding carboxylic acids is 1. The first-order valence-corrected chi connectivity index (χ1v) is 10.2. The van der Waals surface area contributed by atoms with Gasteiger partial charge in [0.25, 0.3) is 0 Å². The van der Waals surface area contributed by atoms with Crippen LogP contribution in [0, 0.1) is 6.92 Å². The average Bonchev–Trinajstić information content (AvgIpc) is 2.70. The molecule has 144 valence electrons. The molecule has 1 unspecified atom stereocenters. The maximum absolute atomic E-state index is 12.7. The van der Waals surface area contributed by atoms with Gasteiger partial charge in [-0.05, 0) is 68.2 Å². The maximum Gasteiger partial charge on any atom is 0.173 e. The highest BCUT2D eigenvalue weighted by Gasteiger charge is 2.36. The molecule has 1 N–H and O–H groups in total. The fraction of sp³-hybridized carbons (Fsp3) is 0.304. The van der Waals surface area contributed by atoms with Crippen LogP contribution >= 0.6 is 12.2 Å². The number of Topliss-reactive ketones (excluding diaryl/α,β-unsaturated/α-hetero) is 1. The number of aryl methyl sites for hydroxylation is 1. The summed E-state index contributed by atoms with van der Waals surface area (Å²) >= 11 is 5.58. The van der Waals surface area contributed by atoms with Gasteiger partial charge in [-0.3, -0.25) is 4.79 Å². The molecule has 2 aliphatic rings. The van der Waals surface area contributed by atoms with Crippen molar-refractivity contribution in [3.8, 4) is 11.5 Å². The Balaban J connectivity index is 1.64. The van der Waals surface area contributed by atoms with E-state index in [1.807, 2.05) is 55.5 Å². The van der Waals surface area contributed by atoms with Crippen molar-refractivity contribution in [3.63, 3.8) is 0 Å². The Labute approximate surface area is 171 Å². The van der Waals surface area contributed by atoms with E-state index in [9.17, 15) is 4.79 Å². The first-order chi connectivity index (χ1) is 13.6. The van der Waals surface area contributed by atoms with Crippen LogP contribution in [-0.2, 0) is 4.79 Å². The summed E-state index contributed by atoms with van der Waals surface area (Å²) in [6.45, 7) is 4.86. The molecular formula is C23H24N2O2S. The summed E-state index contributed by atoms with van der Waals surface area (Å²) < 4.78 is 6.00. The zero-order valence-corrected chi connectivity index (χ0v) is 17.0. The minimum atomic E-state index is -0.189. The lowest BCUT2D eigenvalue weighted by molar-refractivity contribution is -0.116. The van der Waals surface area contributed by atoms with Crippen molar-refractivity contribution in [2.24, 2.45) is 0 Å². The van der Waals surface area contributed by atoms with Crippen LogP contribution in [0.2, 0.25) is 0 Å². The van der Waals surface area contributed by atoms with Gasteiger partial charge in [0.2, 0.25) is 0 Å². The lowest BCUT2D eigenvalue weighted by Gasteiger charge is -2.40. The van der Waals surface area contributed by atoms with Gasteiger partial charge in [0.1, 0.15) is 11.5 Å². The number of allylic oxidation sites excluding steroid dienone is 1. The molecule has 1 heterocycles. The molecular weight excluding hydrogens is 368 g/mol. The van der Waals surface area contributed by atoms with Crippen LogP contribution in [-0.4, -0.2) is 22.3 Å². The second-order valence-electron chi connectivity index (χ2n) is 7.20. The zero-order valence-electron chi connectivity index (χ0n) is 16.2. The number of benzene rings is 2. The number of hydrogen-bond donors (Lipinski definition) is 1. The molecule has 0 amide bonds. The van der Waals surface area contributed by atoms with E-state index in [4.69, 9.17) is 17.0 Å². The van der Waals surface area contributed by atoms with E-state index in [1.54, 1.807) is 0 Å². The molecule has 1 aliphatic carbocycles. The van der Waals surface area contributed by atoms with Gasteiger partial charge in [-0.2, -0.15) is 0 Å². The van der Waals surface area contributed by atoms with Gasteiger partial charge in [0.15, 0.2) is 10.9 Å². The molecule has 1 atom stereocenters. The Bertz CT molecular complexity index is 949. The maximum atomic E-state index is 12.7. The highest BCUT2D eigenvalue weighted by atomic mass is 32.1. The molecule has 0 fully saturated rings. The molecule has 0 aromatic heterocycles. The van der Waals surface area contributed by atoms with Crippen LogP contribution in [0.25, 0.3) is 0 Å². The molecule has 0 bridgehead atoms. The monoisotopic (exact) mass is 392 g/mol. The first-order valence-electron chi connectivity index (χ1n) is 9.76. The molecule has 5 heteroatoms. The number of ether oxygens (including phenoxy) is 1. The van der Waals surface area contributed by atoms with Gasteiger partial charge >= 0.3 is 0 Å². The minimum absolute atomic E-state index is 0.189. The van der Waals surface area contributed by atoms with Crippen LogP contribution < -0.4 is 10.1 Å². The number of thiocarbonyl (C=S) groups is 1. The summed E-state index contributed by atoms with van der Waals surface area (Å²) in [5.41, 5.74) is 4.08. The van der Waals surface area contributed by atoms with E-state index in [0.29, 0.717) is 11.5 Å². The molecule has 0 saturated carbocycles. The number of carbonyl (C=O) groups is 1. The van der Waals surface area contributed by atoms with E-state index < -0.39 is 0 Å². The third kappa shape index (κ3) is 3.42. The number of nitrogens with one attached hydrogen (secondary N) is 1. The summed E-state index contributed by atoms with van der Waals surface area (Å²) in [4.78, 5) is 14.8. The summed E-state index contributed by atoms with van der Waals surface area (Å²) in [6, 6.07) is 15.7. The number of rotatable bonds is 4. The van der Waals surface area contributed by atoms with Crippen LogP contribution in [0.1, 0.15) is 43.4 Å². The van der Waals surface area contributed by atoms with Gasteiger partial charge in [0, 0.05) is 24.2 Å². The molecule has 2 aromatic carbocycles. The standard InChI is InChI=1S/C23H24N2O2S/c1-3-25-18-8-6-9-19(26)21(18)22(24-23(25)28)16-11-13-17(14-12-16)27-20-10-5-4-7-15(20)2/h4-5,7,10-14,22H,3,6,8-9H2,1-2H3,(H,24,28). The van der Waals surface area contributed by atoms with Crippen molar-refractivity contribution in [2.45, 2.75) is 39.2 Å². The molecule has 4 rings (SSSR count). The second kappa shape index (κ2) is 7.76. The Morgan fingerprint density at radius 1 is 1.14 bits per heavy atom. The minimum Gasteiger partial charge on any atom is -0.457 e. The van der Waals surface area contributed by atoms with Gasteiger partial charge in [0.05, 0.1) is 6.04 Å². The fourth-order valence-electron chi connectivity index (χ4n) is 3.96. The quantitative estimate of drug-likeness (QED) is 0.738. The highest BCUT2D eigenvalue weighted by molar-refractivity contribution is 7.80. The third-order valence-corrected chi connectivity index (χ3v) is 5.75. The van der Waals surface area contributed by atoms with Crippen LogP contribution in [0.15, 0.2) is 59.8 Å². The van der Waals surface area contributed by atoms with Gasteiger partial charge in [-0.15, -0.1) is 0 Å². The lowest BCUT2D eigenvalue weighted by atomic mass is 9.85.